The van der Waals surface area contributed by atoms with Crippen LogP contribution in [0.15, 0.2) is 65.1 Å². The van der Waals surface area contributed by atoms with Crippen molar-refractivity contribution in [2.45, 2.75) is 49.7 Å². The number of nitrogens with zero attached hydrogens (tertiary/aromatic N) is 4. The van der Waals surface area contributed by atoms with E-state index in [4.69, 9.17) is 0 Å². The van der Waals surface area contributed by atoms with Gasteiger partial charge >= 0.3 is 6.18 Å². The van der Waals surface area contributed by atoms with Gasteiger partial charge in [0.15, 0.2) is 5.16 Å². The summed E-state index contributed by atoms with van der Waals surface area (Å²) >= 11 is 2.67. The number of aromatic nitrogens is 4. The first kappa shape index (κ1) is 26.9. The Morgan fingerprint density at radius 1 is 1.08 bits per heavy atom. The van der Waals surface area contributed by atoms with Crippen LogP contribution in [0.3, 0.4) is 0 Å². The zero-order valence-electron chi connectivity index (χ0n) is 20.2. The Morgan fingerprint density at radius 3 is 2.65 bits per heavy atom. The second kappa shape index (κ2) is 12.4. The summed E-state index contributed by atoms with van der Waals surface area (Å²) in [6, 6.07) is 14.7. The van der Waals surface area contributed by atoms with Crippen molar-refractivity contribution in [2.75, 3.05) is 6.54 Å². The number of unbranched alkanes of at least 4 members (excludes halogenated alkanes) is 2. The molecule has 6 nitrogen and oxygen atoms in total. The van der Waals surface area contributed by atoms with Gasteiger partial charge < -0.3 is 5.32 Å². The van der Waals surface area contributed by atoms with Gasteiger partial charge in [-0.2, -0.15) is 13.2 Å². The number of alkyl halides is 3. The summed E-state index contributed by atoms with van der Waals surface area (Å²) in [5.41, 5.74) is 0.921. The van der Waals surface area contributed by atoms with Crippen LogP contribution in [0.4, 0.5) is 13.2 Å². The van der Waals surface area contributed by atoms with Gasteiger partial charge in [-0.15, -0.1) is 21.5 Å². The highest BCUT2D eigenvalue weighted by atomic mass is 32.2. The Hall–Kier alpha value is -3.18. The van der Waals surface area contributed by atoms with Crippen LogP contribution in [-0.4, -0.2) is 32.2 Å². The topological polar surface area (TPSA) is 72.7 Å². The average Bonchev–Trinajstić information content (AvgIpc) is 3.53. The van der Waals surface area contributed by atoms with E-state index in [9.17, 15) is 18.0 Å². The first-order chi connectivity index (χ1) is 17.8. The van der Waals surface area contributed by atoms with Crippen molar-refractivity contribution >= 4 is 29.0 Å². The van der Waals surface area contributed by atoms with Gasteiger partial charge in [0, 0.05) is 18.3 Å². The molecule has 0 unspecified atom stereocenters. The molecule has 2 aromatic carbocycles. The molecular weight excluding hydrogens is 519 g/mol. The molecule has 0 bridgehead atoms. The van der Waals surface area contributed by atoms with Crippen molar-refractivity contribution < 1.29 is 18.0 Å². The number of halogens is 3. The second-order valence-corrected chi connectivity index (χ2v) is 10.2. The molecule has 0 saturated carbocycles. The van der Waals surface area contributed by atoms with Crippen molar-refractivity contribution in [3.05, 3.63) is 87.6 Å². The number of hydrogen-bond acceptors (Lipinski definition) is 6. The molecule has 0 spiro atoms. The highest BCUT2D eigenvalue weighted by molar-refractivity contribution is 7.98. The van der Waals surface area contributed by atoms with Gasteiger partial charge in [0.25, 0.3) is 5.91 Å². The number of hydrogen-bond donors (Lipinski definition) is 1. The summed E-state index contributed by atoms with van der Waals surface area (Å²) in [5, 5.41) is 14.3. The van der Waals surface area contributed by atoms with Crippen molar-refractivity contribution in [3.8, 4) is 5.69 Å². The van der Waals surface area contributed by atoms with Crippen LogP contribution < -0.4 is 5.32 Å². The highest BCUT2D eigenvalue weighted by Crippen LogP contribution is 2.32. The van der Waals surface area contributed by atoms with E-state index >= 15 is 0 Å². The van der Waals surface area contributed by atoms with Gasteiger partial charge in [0.05, 0.1) is 17.0 Å². The Morgan fingerprint density at radius 2 is 1.89 bits per heavy atom. The standard InChI is InChI=1S/C26H26F3N5OS2/c1-2-3-7-13-30-24(35)21-16-36-23(31-21)17-37-25-33-32-22(14-18-9-5-4-6-10-18)34(25)20-12-8-11-19(15-20)26(27,28)29/h4-6,8-12,15-16H,2-3,7,13-14,17H2,1H3,(H,30,35). The SMILES string of the molecule is CCCCCNC(=O)c1csc(CSc2nnc(Cc3ccccc3)n2-c2cccc(C(F)(F)F)c2)n1. The molecule has 0 aliphatic rings. The molecule has 4 aromatic rings. The van der Waals surface area contributed by atoms with E-state index in [2.05, 4.69) is 27.4 Å². The molecule has 1 amide bonds. The smallest absolute Gasteiger partial charge is 0.351 e. The van der Waals surface area contributed by atoms with E-state index in [1.165, 1.54) is 29.2 Å². The van der Waals surface area contributed by atoms with Gasteiger partial charge in [0.2, 0.25) is 0 Å². The Kier molecular flexibility index (Phi) is 8.99. The minimum absolute atomic E-state index is 0.208. The van der Waals surface area contributed by atoms with Crippen molar-refractivity contribution in [3.63, 3.8) is 0 Å². The number of carbonyl (C=O) groups is 1. The molecule has 37 heavy (non-hydrogen) atoms. The van der Waals surface area contributed by atoms with Crippen LogP contribution in [0.5, 0.6) is 0 Å². The van der Waals surface area contributed by atoms with Gasteiger partial charge in [-0.25, -0.2) is 4.98 Å². The highest BCUT2D eigenvalue weighted by Gasteiger charge is 2.31. The molecule has 2 aromatic heterocycles. The molecule has 0 saturated heterocycles. The maximum absolute atomic E-state index is 13.4. The molecule has 0 atom stereocenters. The predicted octanol–water partition coefficient (Wildman–Crippen LogP) is 6.55. The van der Waals surface area contributed by atoms with Crippen molar-refractivity contribution in [1.82, 2.24) is 25.1 Å². The minimum atomic E-state index is -4.47. The lowest BCUT2D eigenvalue weighted by atomic mass is 10.1. The first-order valence-corrected chi connectivity index (χ1v) is 13.7. The number of thioether (sulfide) groups is 1. The summed E-state index contributed by atoms with van der Waals surface area (Å²) in [6.45, 7) is 2.71. The molecule has 0 fully saturated rings. The number of carbonyl (C=O) groups excluding carboxylic acids is 1. The number of rotatable bonds is 11. The monoisotopic (exact) mass is 545 g/mol. The van der Waals surface area contributed by atoms with Crippen LogP contribution >= 0.6 is 23.1 Å². The number of benzene rings is 2. The van der Waals surface area contributed by atoms with Crippen LogP contribution in [0.25, 0.3) is 5.69 Å². The van der Waals surface area contributed by atoms with Crippen LogP contribution in [-0.2, 0) is 18.3 Å². The van der Waals surface area contributed by atoms with Crippen molar-refractivity contribution in [1.29, 1.82) is 0 Å². The molecule has 2 heterocycles. The van der Waals surface area contributed by atoms with E-state index < -0.39 is 11.7 Å². The lowest BCUT2D eigenvalue weighted by Crippen LogP contribution is -2.24. The predicted molar refractivity (Wildman–Crippen MR) is 139 cm³/mol. The van der Waals surface area contributed by atoms with Crippen LogP contribution in [0, 0.1) is 0 Å². The zero-order chi connectivity index (χ0) is 26.3. The summed E-state index contributed by atoms with van der Waals surface area (Å²) in [4.78, 5) is 16.8. The molecule has 0 radical (unpaired) electrons. The van der Waals surface area contributed by atoms with Gasteiger partial charge in [-0.05, 0) is 30.2 Å². The maximum Gasteiger partial charge on any atom is 0.416 e. The molecular formula is C26H26F3N5OS2. The zero-order valence-corrected chi connectivity index (χ0v) is 21.8. The van der Waals surface area contributed by atoms with Crippen LogP contribution in [0.1, 0.15) is 58.6 Å². The summed E-state index contributed by atoms with van der Waals surface area (Å²) in [5.74, 6) is 0.719. The molecule has 4 rings (SSSR count). The first-order valence-electron chi connectivity index (χ1n) is 11.9. The van der Waals surface area contributed by atoms with Gasteiger partial charge in [-0.1, -0.05) is 67.9 Å². The Labute approximate surface area is 221 Å². The summed E-state index contributed by atoms with van der Waals surface area (Å²) in [7, 11) is 0. The molecule has 0 aliphatic carbocycles. The Bertz CT molecular complexity index is 1320. The van der Waals surface area contributed by atoms with E-state index in [0.717, 1.165) is 37.0 Å². The number of amides is 1. The van der Waals surface area contributed by atoms with E-state index in [1.807, 2.05) is 30.3 Å². The largest absolute Gasteiger partial charge is 0.416 e. The number of thiazole rings is 1. The lowest BCUT2D eigenvalue weighted by molar-refractivity contribution is -0.137. The summed E-state index contributed by atoms with van der Waals surface area (Å²) in [6.07, 6.45) is -1.01. The van der Waals surface area contributed by atoms with Crippen LogP contribution in [0.2, 0.25) is 0 Å². The van der Waals surface area contributed by atoms with E-state index in [-0.39, 0.29) is 5.91 Å². The Balaban J connectivity index is 1.55. The van der Waals surface area contributed by atoms with Gasteiger partial charge in [-0.3, -0.25) is 9.36 Å². The molecule has 0 aliphatic heterocycles. The lowest BCUT2D eigenvalue weighted by Gasteiger charge is -2.13. The molecule has 11 heteroatoms. The second-order valence-electron chi connectivity index (χ2n) is 8.32. The van der Waals surface area contributed by atoms with Crippen molar-refractivity contribution in [2.24, 2.45) is 0 Å². The molecule has 1 N–H and O–H groups in total. The fourth-order valence-corrected chi connectivity index (χ4v) is 5.41. The fraction of sp³-hybridized carbons (Fsp3) is 0.308. The maximum atomic E-state index is 13.4. The average molecular weight is 546 g/mol. The number of nitrogens with one attached hydrogen (secondary N) is 1. The normalized spacial score (nSPS) is 11.6. The fourth-order valence-electron chi connectivity index (χ4n) is 3.64. The summed E-state index contributed by atoms with van der Waals surface area (Å²) < 4.78 is 41.9. The third-order valence-corrected chi connectivity index (χ3v) is 7.48. The third kappa shape index (κ3) is 7.20. The van der Waals surface area contributed by atoms with E-state index in [1.54, 1.807) is 16.0 Å². The minimum Gasteiger partial charge on any atom is -0.351 e. The molecule has 194 valence electrons. The van der Waals surface area contributed by atoms with Gasteiger partial charge in [0.1, 0.15) is 16.5 Å². The third-order valence-electron chi connectivity index (χ3n) is 5.51. The van der Waals surface area contributed by atoms with E-state index in [0.29, 0.717) is 46.1 Å². The quantitative estimate of drug-likeness (QED) is 0.171.